The zero-order valence-corrected chi connectivity index (χ0v) is 7.35. The van der Waals surface area contributed by atoms with Crippen LogP contribution in [-0.4, -0.2) is 21.0 Å². The van der Waals surface area contributed by atoms with Gasteiger partial charge in [-0.05, 0) is 9.91 Å². The van der Waals surface area contributed by atoms with Gasteiger partial charge in [0.25, 0.3) is 6.43 Å². The van der Waals surface area contributed by atoms with Crippen molar-refractivity contribution < 1.29 is 28.0 Å². The first-order chi connectivity index (χ1) is 7.36. The molecule has 1 aromatic heterocycles. The number of nitro groups is 1. The van der Waals surface area contributed by atoms with E-state index in [1.54, 1.807) is 0 Å². The SMILES string of the molecule is O=C(O)c1cnc([N+](=O)[O-])c(F)c1C(F)F. The molecule has 0 fully saturated rings. The summed E-state index contributed by atoms with van der Waals surface area (Å²) in [5.74, 6) is -5.20. The van der Waals surface area contributed by atoms with Crippen LogP contribution in [0, 0.1) is 15.9 Å². The molecule has 0 radical (unpaired) electrons. The summed E-state index contributed by atoms with van der Waals surface area (Å²) >= 11 is 0. The van der Waals surface area contributed by atoms with Gasteiger partial charge in [-0.1, -0.05) is 0 Å². The van der Waals surface area contributed by atoms with Crippen molar-refractivity contribution in [1.82, 2.24) is 4.98 Å². The van der Waals surface area contributed by atoms with Gasteiger partial charge < -0.3 is 15.2 Å². The summed E-state index contributed by atoms with van der Waals surface area (Å²) in [6.07, 6.45) is -3.15. The molecule has 1 N–H and O–H groups in total. The van der Waals surface area contributed by atoms with Crippen LogP contribution in [0.5, 0.6) is 0 Å². The van der Waals surface area contributed by atoms with Crippen LogP contribution in [0.4, 0.5) is 19.0 Å². The highest BCUT2D eigenvalue weighted by atomic mass is 19.3. The zero-order chi connectivity index (χ0) is 12.5. The van der Waals surface area contributed by atoms with Crippen molar-refractivity contribution in [1.29, 1.82) is 0 Å². The first-order valence-corrected chi connectivity index (χ1v) is 3.70. The number of nitrogens with zero attached hydrogens (tertiary/aromatic N) is 2. The van der Waals surface area contributed by atoms with E-state index < -0.39 is 40.1 Å². The third kappa shape index (κ3) is 1.92. The largest absolute Gasteiger partial charge is 0.478 e. The fourth-order valence-corrected chi connectivity index (χ4v) is 1.00. The Morgan fingerprint density at radius 1 is 1.56 bits per heavy atom. The highest BCUT2D eigenvalue weighted by Crippen LogP contribution is 2.29. The summed E-state index contributed by atoms with van der Waals surface area (Å²) in [7, 11) is 0. The monoisotopic (exact) mass is 236 g/mol. The van der Waals surface area contributed by atoms with Gasteiger partial charge in [-0.2, -0.15) is 4.39 Å². The second-order valence-corrected chi connectivity index (χ2v) is 2.59. The summed E-state index contributed by atoms with van der Waals surface area (Å²) in [6, 6.07) is 0. The molecule has 0 amide bonds. The molecule has 0 unspecified atom stereocenters. The average Bonchev–Trinajstić information content (AvgIpc) is 2.15. The van der Waals surface area contributed by atoms with Crippen LogP contribution in [0.25, 0.3) is 0 Å². The molecule has 6 nitrogen and oxygen atoms in total. The van der Waals surface area contributed by atoms with Crippen molar-refractivity contribution in [2.45, 2.75) is 6.43 Å². The van der Waals surface area contributed by atoms with E-state index in [0.29, 0.717) is 6.20 Å². The lowest BCUT2D eigenvalue weighted by atomic mass is 10.1. The highest BCUT2D eigenvalue weighted by Gasteiger charge is 2.31. The number of pyridine rings is 1. The van der Waals surface area contributed by atoms with Crippen molar-refractivity contribution in [2.24, 2.45) is 0 Å². The lowest BCUT2D eigenvalue weighted by molar-refractivity contribution is -0.392. The van der Waals surface area contributed by atoms with Gasteiger partial charge >= 0.3 is 11.8 Å². The third-order valence-electron chi connectivity index (χ3n) is 1.66. The lowest BCUT2D eigenvalue weighted by Gasteiger charge is -2.04. The average molecular weight is 236 g/mol. The van der Waals surface area contributed by atoms with Gasteiger partial charge in [-0.25, -0.2) is 13.6 Å². The first-order valence-electron chi connectivity index (χ1n) is 3.70. The summed E-state index contributed by atoms with van der Waals surface area (Å²) < 4.78 is 37.8. The topological polar surface area (TPSA) is 93.3 Å². The fraction of sp³-hybridized carbons (Fsp3) is 0.143. The van der Waals surface area contributed by atoms with Crippen molar-refractivity contribution in [2.75, 3.05) is 0 Å². The minimum absolute atomic E-state index is 0.324. The maximum Gasteiger partial charge on any atom is 0.400 e. The molecule has 1 rings (SSSR count). The first kappa shape index (κ1) is 11.9. The van der Waals surface area contributed by atoms with Gasteiger partial charge in [0.2, 0.25) is 5.82 Å². The van der Waals surface area contributed by atoms with E-state index in [1.807, 2.05) is 0 Å². The number of hydrogen-bond acceptors (Lipinski definition) is 4. The van der Waals surface area contributed by atoms with E-state index in [9.17, 15) is 28.1 Å². The summed E-state index contributed by atoms with van der Waals surface area (Å²) in [4.78, 5) is 22.2. The number of carboxylic acids is 1. The molecular weight excluding hydrogens is 233 g/mol. The Bertz CT molecular complexity index is 463. The third-order valence-corrected chi connectivity index (χ3v) is 1.66. The number of aromatic carboxylic acids is 1. The molecule has 1 aromatic rings. The normalized spacial score (nSPS) is 10.5. The molecule has 0 aliphatic carbocycles. The van der Waals surface area contributed by atoms with Crippen LogP contribution in [-0.2, 0) is 0 Å². The Morgan fingerprint density at radius 3 is 2.50 bits per heavy atom. The number of carbonyl (C=O) groups is 1. The summed E-state index contributed by atoms with van der Waals surface area (Å²) in [6.45, 7) is 0. The number of halogens is 3. The molecule has 0 aliphatic heterocycles. The molecule has 9 heteroatoms. The van der Waals surface area contributed by atoms with Gasteiger partial charge in [-0.15, -0.1) is 0 Å². The number of carboxylic acid groups (broad SMARTS) is 1. The van der Waals surface area contributed by atoms with E-state index in [4.69, 9.17) is 5.11 Å². The van der Waals surface area contributed by atoms with Crippen LogP contribution < -0.4 is 0 Å². The Labute approximate surface area is 85.5 Å². The maximum absolute atomic E-state index is 13.1. The van der Waals surface area contributed by atoms with Crippen molar-refractivity contribution in [3.8, 4) is 0 Å². The molecule has 0 spiro atoms. The molecule has 0 saturated carbocycles. The van der Waals surface area contributed by atoms with Crippen LogP contribution in [0.1, 0.15) is 22.3 Å². The number of hydrogen-bond donors (Lipinski definition) is 1. The van der Waals surface area contributed by atoms with Gasteiger partial charge in [0, 0.05) is 0 Å². The molecular formula is C7H3F3N2O4. The van der Waals surface area contributed by atoms with Crippen LogP contribution in [0.15, 0.2) is 6.20 Å². The molecule has 16 heavy (non-hydrogen) atoms. The Kier molecular flexibility index (Phi) is 3.06. The van der Waals surface area contributed by atoms with E-state index in [0.717, 1.165) is 0 Å². The minimum atomic E-state index is -3.48. The molecule has 0 aromatic carbocycles. The van der Waals surface area contributed by atoms with Crippen LogP contribution >= 0.6 is 0 Å². The van der Waals surface area contributed by atoms with Gasteiger partial charge in [0.15, 0.2) is 6.20 Å². The summed E-state index contributed by atoms with van der Waals surface area (Å²) in [5.41, 5.74) is -2.63. The maximum atomic E-state index is 13.1. The smallest absolute Gasteiger partial charge is 0.400 e. The molecule has 0 saturated heterocycles. The minimum Gasteiger partial charge on any atom is -0.478 e. The van der Waals surface area contributed by atoms with Gasteiger partial charge in [-0.3, -0.25) is 0 Å². The Hall–Kier alpha value is -2.19. The van der Waals surface area contributed by atoms with Crippen molar-refractivity contribution >= 4 is 11.8 Å². The molecule has 1 heterocycles. The molecule has 0 atom stereocenters. The zero-order valence-electron chi connectivity index (χ0n) is 7.35. The fourth-order valence-electron chi connectivity index (χ4n) is 1.00. The van der Waals surface area contributed by atoms with Crippen molar-refractivity contribution in [3.63, 3.8) is 0 Å². The van der Waals surface area contributed by atoms with Gasteiger partial charge in [0.1, 0.15) is 5.56 Å². The standard InChI is InChI=1S/C7H3F3N2O4/c8-4-3(5(9)10)2(7(13)14)1-11-6(4)12(15)16/h1,5H,(H,13,14). The molecule has 0 aliphatic rings. The highest BCUT2D eigenvalue weighted by molar-refractivity contribution is 5.89. The summed E-state index contributed by atoms with van der Waals surface area (Å²) in [5, 5.41) is 18.6. The van der Waals surface area contributed by atoms with E-state index in [-0.39, 0.29) is 0 Å². The van der Waals surface area contributed by atoms with Gasteiger partial charge in [0.05, 0.1) is 5.56 Å². The van der Waals surface area contributed by atoms with Crippen LogP contribution in [0.3, 0.4) is 0 Å². The second kappa shape index (κ2) is 4.13. The van der Waals surface area contributed by atoms with E-state index >= 15 is 0 Å². The Morgan fingerprint density at radius 2 is 2.12 bits per heavy atom. The number of alkyl halides is 2. The Balaban J connectivity index is 3.54. The van der Waals surface area contributed by atoms with Crippen LogP contribution in [0.2, 0.25) is 0 Å². The number of rotatable bonds is 3. The van der Waals surface area contributed by atoms with Crippen molar-refractivity contribution in [3.05, 3.63) is 33.3 Å². The van der Waals surface area contributed by atoms with E-state index in [1.165, 1.54) is 0 Å². The molecule has 86 valence electrons. The predicted molar refractivity (Wildman–Crippen MR) is 42.8 cm³/mol. The number of aromatic nitrogens is 1. The quantitative estimate of drug-likeness (QED) is 0.637. The second-order valence-electron chi connectivity index (χ2n) is 2.59. The van der Waals surface area contributed by atoms with E-state index in [2.05, 4.69) is 4.98 Å². The molecule has 0 bridgehead atoms. The lowest BCUT2D eigenvalue weighted by Crippen LogP contribution is -2.09. The predicted octanol–water partition coefficient (Wildman–Crippen LogP) is 1.76.